The Labute approximate surface area is 314 Å². The van der Waals surface area contributed by atoms with Crippen LogP contribution in [-0.2, 0) is 0 Å². The summed E-state index contributed by atoms with van der Waals surface area (Å²) in [6, 6.07) is 66.7. The van der Waals surface area contributed by atoms with E-state index >= 15 is 0 Å². The molecule has 2 aromatic heterocycles. The van der Waals surface area contributed by atoms with E-state index in [9.17, 15) is 0 Å². The van der Waals surface area contributed by atoms with Gasteiger partial charge in [-0.1, -0.05) is 152 Å². The van der Waals surface area contributed by atoms with Crippen molar-refractivity contribution >= 4 is 96.5 Å². The van der Waals surface area contributed by atoms with Gasteiger partial charge in [-0.3, -0.25) is 0 Å². The van der Waals surface area contributed by atoms with Gasteiger partial charge in [-0.25, -0.2) is 0 Å². The predicted molar refractivity (Wildman–Crippen MR) is 233 cm³/mol. The van der Waals surface area contributed by atoms with E-state index in [0.717, 1.165) is 21.9 Å². The van der Waals surface area contributed by atoms with Crippen LogP contribution >= 0.6 is 11.3 Å². The maximum atomic E-state index is 6.71. The van der Waals surface area contributed by atoms with Crippen LogP contribution in [-0.4, -0.2) is 0 Å². The largest absolute Gasteiger partial charge is 0.455 e. The molecule has 1 nitrogen and oxygen atoms in total. The van der Waals surface area contributed by atoms with Crippen LogP contribution in [0.1, 0.15) is 0 Å². The number of hydrogen-bond donors (Lipinski definition) is 0. The molecule has 0 aliphatic heterocycles. The van der Waals surface area contributed by atoms with E-state index in [1.165, 1.54) is 96.6 Å². The van der Waals surface area contributed by atoms with Crippen molar-refractivity contribution in [2.45, 2.75) is 0 Å². The highest BCUT2D eigenvalue weighted by molar-refractivity contribution is 7.26. The van der Waals surface area contributed by atoms with Crippen LogP contribution in [0.4, 0.5) is 0 Å². The van der Waals surface area contributed by atoms with Crippen LogP contribution in [0.2, 0.25) is 0 Å². The SMILES string of the molecule is c1cc(-c2c3ccccc3c(-c3cccc4ccccc34)c3ccccc23)cc(-c2c3ccccc3cc3sc4ccc5c6ccccc6oc5c4c23)c1. The molecule has 0 N–H and O–H groups in total. The summed E-state index contributed by atoms with van der Waals surface area (Å²) in [7, 11) is 0. The lowest BCUT2D eigenvalue weighted by Gasteiger charge is -2.19. The molecule has 0 amide bonds. The van der Waals surface area contributed by atoms with E-state index in [1.54, 1.807) is 0 Å². The van der Waals surface area contributed by atoms with Crippen LogP contribution in [0.15, 0.2) is 186 Å². The lowest BCUT2D eigenvalue weighted by atomic mass is 9.84. The van der Waals surface area contributed by atoms with E-state index in [2.05, 4.69) is 182 Å². The van der Waals surface area contributed by atoms with Gasteiger partial charge in [-0.15, -0.1) is 11.3 Å². The maximum absolute atomic E-state index is 6.71. The first kappa shape index (κ1) is 29.8. The molecule has 2 heteroatoms. The average Bonchev–Trinajstić information content (AvgIpc) is 3.80. The van der Waals surface area contributed by atoms with Crippen molar-refractivity contribution in [1.29, 1.82) is 0 Å². The Hall–Kier alpha value is -6.74. The van der Waals surface area contributed by atoms with Crippen molar-refractivity contribution in [3.63, 3.8) is 0 Å². The zero-order valence-corrected chi connectivity index (χ0v) is 30.0. The number of hydrogen-bond acceptors (Lipinski definition) is 2. The first-order valence-electron chi connectivity index (χ1n) is 18.5. The summed E-state index contributed by atoms with van der Waals surface area (Å²) in [5.41, 5.74) is 9.37. The Kier molecular flexibility index (Phi) is 6.28. The number of benzene rings is 10. The van der Waals surface area contributed by atoms with Crippen LogP contribution < -0.4 is 0 Å². The molecule has 10 aromatic carbocycles. The van der Waals surface area contributed by atoms with E-state index in [4.69, 9.17) is 4.42 Å². The summed E-state index contributed by atoms with van der Waals surface area (Å²) in [4.78, 5) is 0. The summed E-state index contributed by atoms with van der Waals surface area (Å²) in [5, 5.41) is 14.8. The maximum Gasteiger partial charge on any atom is 0.144 e. The van der Waals surface area contributed by atoms with Gasteiger partial charge in [0, 0.05) is 30.9 Å². The molecule has 2 heterocycles. The molecule has 12 rings (SSSR count). The molecule has 0 spiro atoms. The van der Waals surface area contributed by atoms with Crippen LogP contribution in [0, 0.1) is 0 Å². The minimum Gasteiger partial charge on any atom is -0.455 e. The first-order valence-corrected chi connectivity index (χ1v) is 19.3. The quantitative estimate of drug-likeness (QED) is 0.167. The Morgan fingerprint density at radius 3 is 1.67 bits per heavy atom. The molecule has 250 valence electrons. The fraction of sp³-hybridized carbons (Fsp3) is 0. The zero-order valence-electron chi connectivity index (χ0n) is 29.1. The third kappa shape index (κ3) is 4.20. The molecule has 0 radical (unpaired) electrons. The average molecular weight is 703 g/mol. The second kappa shape index (κ2) is 11.4. The summed E-state index contributed by atoms with van der Waals surface area (Å²) >= 11 is 1.85. The molecule has 0 saturated heterocycles. The molecular weight excluding hydrogens is 673 g/mol. The number of para-hydroxylation sites is 1. The van der Waals surface area contributed by atoms with Gasteiger partial charge in [-0.05, 0) is 107 Å². The van der Waals surface area contributed by atoms with Gasteiger partial charge < -0.3 is 4.42 Å². The molecule has 0 fully saturated rings. The molecule has 0 aliphatic rings. The highest BCUT2D eigenvalue weighted by atomic mass is 32.1. The fourth-order valence-corrected chi connectivity index (χ4v) is 10.3. The summed E-state index contributed by atoms with van der Waals surface area (Å²) in [6.45, 7) is 0. The topological polar surface area (TPSA) is 13.1 Å². The van der Waals surface area contributed by atoms with E-state index in [-0.39, 0.29) is 0 Å². The number of fused-ring (bicyclic) bond motifs is 11. The van der Waals surface area contributed by atoms with Gasteiger partial charge in [0.1, 0.15) is 11.2 Å². The second-order valence-electron chi connectivity index (χ2n) is 14.3. The second-order valence-corrected chi connectivity index (χ2v) is 15.4. The minimum atomic E-state index is 0.925. The molecule has 0 bridgehead atoms. The summed E-state index contributed by atoms with van der Waals surface area (Å²) in [5.74, 6) is 0. The molecule has 0 atom stereocenters. The highest BCUT2D eigenvalue weighted by Gasteiger charge is 2.22. The van der Waals surface area contributed by atoms with Gasteiger partial charge in [-0.2, -0.15) is 0 Å². The van der Waals surface area contributed by atoms with Crippen LogP contribution in [0.3, 0.4) is 0 Å². The van der Waals surface area contributed by atoms with Crippen LogP contribution in [0.25, 0.3) is 119 Å². The smallest absolute Gasteiger partial charge is 0.144 e. The summed E-state index contributed by atoms with van der Waals surface area (Å²) in [6.07, 6.45) is 0. The van der Waals surface area contributed by atoms with Crippen LogP contribution in [0.5, 0.6) is 0 Å². The molecule has 54 heavy (non-hydrogen) atoms. The van der Waals surface area contributed by atoms with E-state index < -0.39 is 0 Å². The number of thiophene rings is 1. The lowest BCUT2D eigenvalue weighted by Crippen LogP contribution is -1.92. The Morgan fingerprint density at radius 2 is 0.907 bits per heavy atom. The summed E-state index contributed by atoms with van der Waals surface area (Å²) < 4.78 is 9.22. The van der Waals surface area contributed by atoms with Gasteiger partial charge in [0.2, 0.25) is 0 Å². The van der Waals surface area contributed by atoms with Crippen molar-refractivity contribution in [3.05, 3.63) is 182 Å². The monoisotopic (exact) mass is 702 g/mol. The van der Waals surface area contributed by atoms with E-state index in [0.29, 0.717) is 0 Å². The molecule has 0 saturated carbocycles. The van der Waals surface area contributed by atoms with E-state index in [1.807, 2.05) is 11.3 Å². The third-order valence-corrected chi connectivity index (χ3v) is 12.5. The Morgan fingerprint density at radius 1 is 0.333 bits per heavy atom. The zero-order chi connectivity index (χ0) is 35.3. The molecule has 12 aromatic rings. The van der Waals surface area contributed by atoms with Gasteiger partial charge in [0.05, 0.1) is 0 Å². The minimum absolute atomic E-state index is 0.925. The number of rotatable bonds is 3. The van der Waals surface area contributed by atoms with Gasteiger partial charge in [0.25, 0.3) is 0 Å². The molecule has 0 aliphatic carbocycles. The van der Waals surface area contributed by atoms with Crippen molar-refractivity contribution in [1.82, 2.24) is 0 Å². The fourth-order valence-electron chi connectivity index (χ4n) is 9.16. The van der Waals surface area contributed by atoms with Crippen molar-refractivity contribution in [2.24, 2.45) is 0 Å². The highest BCUT2D eigenvalue weighted by Crippen LogP contribution is 2.50. The standard InChI is InChI=1S/C52H30OS/c1-3-18-35-31(13-1)15-12-25-38(35)49-41-23-7-5-21-39(41)47(40-22-6-8-24-42(40)49)33-16-11-17-34(29-33)48-36-19-4-2-14-32(36)30-46-50(48)51-45(54-46)28-27-43-37-20-9-10-26-44(37)53-52(43)51/h1-30H. The first-order chi connectivity index (χ1) is 26.8. The van der Waals surface area contributed by atoms with Gasteiger partial charge in [0.15, 0.2) is 0 Å². The third-order valence-electron chi connectivity index (χ3n) is 11.4. The number of furan rings is 1. The molecular formula is C52H30OS. The molecule has 0 unspecified atom stereocenters. The Bertz CT molecular complexity index is 3450. The van der Waals surface area contributed by atoms with Crippen molar-refractivity contribution in [3.8, 4) is 33.4 Å². The lowest BCUT2D eigenvalue weighted by molar-refractivity contribution is 0.673. The Balaban J connectivity index is 1.18. The predicted octanol–water partition coefficient (Wildman–Crippen LogP) is 15.6. The van der Waals surface area contributed by atoms with Gasteiger partial charge >= 0.3 is 0 Å². The van der Waals surface area contributed by atoms with Crippen molar-refractivity contribution < 1.29 is 4.42 Å². The normalized spacial score (nSPS) is 12.1. The van der Waals surface area contributed by atoms with Crippen molar-refractivity contribution in [2.75, 3.05) is 0 Å².